The van der Waals surface area contributed by atoms with Crippen molar-refractivity contribution in [1.82, 2.24) is 5.32 Å². The molecule has 1 aromatic carbocycles. The van der Waals surface area contributed by atoms with E-state index in [4.69, 9.17) is 0 Å². The number of amides is 1. The maximum Gasteiger partial charge on any atom is 0.221 e. The van der Waals surface area contributed by atoms with Gasteiger partial charge in [0.15, 0.2) is 0 Å². The van der Waals surface area contributed by atoms with E-state index in [2.05, 4.69) is 23.0 Å². The molecule has 0 heterocycles. The lowest BCUT2D eigenvalue weighted by Gasteiger charge is -2.27. The van der Waals surface area contributed by atoms with Gasteiger partial charge in [0.2, 0.25) is 5.91 Å². The maximum absolute atomic E-state index is 11.2. The SMILES string of the molecule is CSC1(CNCc2ccccc2NC(C)=O)CCCC1. The van der Waals surface area contributed by atoms with Crippen LogP contribution in [0.5, 0.6) is 0 Å². The van der Waals surface area contributed by atoms with Gasteiger partial charge < -0.3 is 10.6 Å². The minimum absolute atomic E-state index is 0.0196. The Morgan fingerprint density at radius 2 is 2.00 bits per heavy atom. The molecular formula is C16H24N2OS. The van der Waals surface area contributed by atoms with E-state index in [-0.39, 0.29) is 5.91 Å². The molecule has 1 fully saturated rings. The summed E-state index contributed by atoms with van der Waals surface area (Å²) in [6.07, 6.45) is 7.55. The summed E-state index contributed by atoms with van der Waals surface area (Å²) in [7, 11) is 0. The monoisotopic (exact) mass is 292 g/mol. The molecule has 1 aliphatic rings. The summed E-state index contributed by atoms with van der Waals surface area (Å²) < 4.78 is 0.420. The van der Waals surface area contributed by atoms with E-state index in [1.54, 1.807) is 6.92 Å². The molecule has 0 spiro atoms. The topological polar surface area (TPSA) is 41.1 Å². The van der Waals surface area contributed by atoms with Crippen LogP contribution < -0.4 is 10.6 Å². The van der Waals surface area contributed by atoms with Gasteiger partial charge in [0.25, 0.3) is 0 Å². The van der Waals surface area contributed by atoms with Gasteiger partial charge in [-0.25, -0.2) is 0 Å². The van der Waals surface area contributed by atoms with Crippen molar-refractivity contribution in [2.45, 2.75) is 43.9 Å². The number of para-hydroxylation sites is 1. The average Bonchev–Trinajstić information content (AvgIpc) is 2.89. The minimum atomic E-state index is -0.0196. The number of benzene rings is 1. The largest absolute Gasteiger partial charge is 0.326 e. The Hall–Kier alpha value is -1.00. The number of carbonyl (C=O) groups is 1. The van der Waals surface area contributed by atoms with Crippen LogP contribution in [0.3, 0.4) is 0 Å². The molecule has 1 aromatic rings. The number of carbonyl (C=O) groups excluding carboxylic acids is 1. The molecule has 0 saturated heterocycles. The van der Waals surface area contributed by atoms with Crippen LogP contribution in [0.4, 0.5) is 5.69 Å². The van der Waals surface area contributed by atoms with Crippen LogP contribution >= 0.6 is 11.8 Å². The van der Waals surface area contributed by atoms with E-state index in [1.807, 2.05) is 30.0 Å². The molecule has 110 valence electrons. The van der Waals surface area contributed by atoms with Crippen molar-refractivity contribution in [2.75, 3.05) is 18.1 Å². The van der Waals surface area contributed by atoms with Crippen molar-refractivity contribution in [1.29, 1.82) is 0 Å². The lowest BCUT2D eigenvalue weighted by molar-refractivity contribution is -0.114. The second-order valence-corrected chi connectivity index (χ2v) is 6.81. The summed E-state index contributed by atoms with van der Waals surface area (Å²) in [6.45, 7) is 3.40. The summed E-state index contributed by atoms with van der Waals surface area (Å²) >= 11 is 2.00. The van der Waals surface area contributed by atoms with Gasteiger partial charge in [-0.3, -0.25) is 4.79 Å². The number of anilines is 1. The molecular weight excluding hydrogens is 268 g/mol. The first-order valence-corrected chi connectivity index (χ1v) is 8.49. The molecule has 0 aliphatic heterocycles. The molecule has 1 aliphatic carbocycles. The highest BCUT2D eigenvalue weighted by Gasteiger charge is 2.32. The maximum atomic E-state index is 11.2. The first kappa shape index (κ1) is 15.4. The number of rotatable bonds is 6. The van der Waals surface area contributed by atoms with Crippen molar-refractivity contribution in [3.8, 4) is 0 Å². The molecule has 20 heavy (non-hydrogen) atoms. The fourth-order valence-corrected chi connectivity index (χ4v) is 3.83. The highest BCUT2D eigenvalue weighted by atomic mass is 32.2. The Balaban J connectivity index is 1.92. The number of hydrogen-bond acceptors (Lipinski definition) is 3. The second kappa shape index (κ2) is 7.14. The Labute approximate surface area is 125 Å². The van der Waals surface area contributed by atoms with Crippen molar-refractivity contribution < 1.29 is 4.79 Å². The second-order valence-electron chi connectivity index (χ2n) is 5.54. The lowest BCUT2D eigenvalue weighted by atomic mass is 10.1. The van der Waals surface area contributed by atoms with E-state index in [0.29, 0.717) is 4.75 Å². The zero-order valence-corrected chi connectivity index (χ0v) is 13.2. The van der Waals surface area contributed by atoms with Crippen LogP contribution in [-0.2, 0) is 11.3 Å². The van der Waals surface area contributed by atoms with Crippen LogP contribution in [0, 0.1) is 0 Å². The first-order valence-electron chi connectivity index (χ1n) is 7.27. The molecule has 0 atom stereocenters. The number of hydrogen-bond donors (Lipinski definition) is 2. The first-order chi connectivity index (χ1) is 9.65. The standard InChI is InChI=1S/C16H24N2OS/c1-13(19)18-15-8-4-3-7-14(15)11-17-12-16(20-2)9-5-6-10-16/h3-4,7-8,17H,5-6,9-12H2,1-2H3,(H,18,19). The molecule has 2 N–H and O–H groups in total. The quantitative estimate of drug-likeness (QED) is 0.844. The highest BCUT2D eigenvalue weighted by Crippen LogP contribution is 2.39. The molecule has 0 bridgehead atoms. The van der Waals surface area contributed by atoms with Gasteiger partial charge in [-0.15, -0.1) is 0 Å². The summed E-state index contributed by atoms with van der Waals surface area (Å²) in [4.78, 5) is 11.2. The van der Waals surface area contributed by atoms with E-state index in [1.165, 1.54) is 25.7 Å². The average molecular weight is 292 g/mol. The number of nitrogens with one attached hydrogen (secondary N) is 2. The smallest absolute Gasteiger partial charge is 0.221 e. The third kappa shape index (κ3) is 4.00. The van der Waals surface area contributed by atoms with Gasteiger partial charge in [0, 0.05) is 30.4 Å². The molecule has 0 aromatic heterocycles. The lowest BCUT2D eigenvalue weighted by Crippen LogP contribution is -2.34. The molecule has 0 unspecified atom stereocenters. The zero-order chi connectivity index (χ0) is 14.4. The van der Waals surface area contributed by atoms with Gasteiger partial charge in [-0.1, -0.05) is 31.0 Å². The summed E-state index contributed by atoms with van der Waals surface area (Å²) in [5, 5.41) is 6.47. The molecule has 1 amide bonds. The third-order valence-electron chi connectivity index (χ3n) is 4.04. The fraction of sp³-hybridized carbons (Fsp3) is 0.562. The van der Waals surface area contributed by atoms with Gasteiger partial charge >= 0.3 is 0 Å². The summed E-state index contributed by atoms with van der Waals surface area (Å²) in [5.41, 5.74) is 2.06. The van der Waals surface area contributed by atoms with E-state index < -0.39 is 0 Å². The van der Waals surface area contributed by atoms with Gasteiger partial charge in [0.05, 0.1) is 0 Å². The Morgan fingerprint density at radius 1 is 1.30 bits per heavy atom. The summed E-state index contributed by atoms with van der Waals surface area (Å²) in [5.74, 6) is -0.0196. The van der Waals surface area contributed by atoms with Crippen molar-refractivity contribution in [3.63, 3.8) is 0 Å². The molecule has 3 nitrogen and oxygen atoms in total. The minimum Gasteiger partial charge on any atom is -0.326 e. The van der Waals surface area contributed by atoms with Crippen molar-refractivity contribution >= 4 is 23.4 Å². The van der Waals surface area contributed by atoms with Crippen LogP contribution in [-0.4, -0.2) is 23.5 Å². The normalized spacial score (nSPS) is 17.1. The molecule has 0 radical (unpaired) electrons. The van der Waals surface area contributed by atoms with E-state index in [0.717, 1.165) is 24.3 Å². The van der Waals surface area contributed by atoms with Crippen LogP contribution in [0.25, 0.3) is 0 Å². The van der Waals surface area contributed by atoms with Crippen LogP contribution in [0.2, 0.25) is 0 Å². The Morgan fingerprint density at radius 3 is 2.65 bits per heavy atom. The third-order valence-corrected chi connectivity index (χ3v) is 5.46. The van der Waals surface area contributed by atoms with Crippen molar-refractivity contribution in [3.05, 3.63) is 29.8 Å². The predicted octanol–water partition coefficient (Wildman–Crippen LogP) is 3.41. The zero-order valence-electron chi connectivity index (χ0n) is 12.4. The Bertz CT molecular complexity index is 456. The van der Waals surface area contributed by atoms with E-state index >= 15 is 0 Å². The predicted molar refractivity (Wildman–Crippen MR) is 87.2 cm³/mol. The van der Waals surface area contributed by atoms with Gasteiger partial charge in [-0.05, 0) is 30.7 Å². The molecule has 4 heteroatoms. The summed E-state index contributed by atoms with van der Waals surface area (Å²) in [6, 6.07) is 7.99. The Kier molecular flexibility index (Phi) is 5.49. The van der Waals surface area contributed by atoms with Gasteiger partial charge in [0.1, 0.15) is 0 Å². The molecule has 2 rings (SSSR count). The van der Waals surface area contributed by atoms with Gasteiger partial charge in [-0.2, -0.15) is 11.8 Å². The van der Waals surface area contributed by atoms with Crippen LogP contribution in [0.1, 0.15) is 38.2 Å². The fourth-order valence-electron chi connectivity index (χ4n) is 2.88. The van der Waals surface area contributed by atoms with Crippen molar-refractivity contribution in [2.24, 2.45) is 0 Å². The molecule has 1 saturated carbocycles. The highest BCUT2D eigenvalue weighted by molar-refractivity contribution is 8.00. The van der Waals surface area contributed by atoms with Crippen LogP contribution in [0.15, 0.2) is 24.3 Å². The van der Waals surface area contributed by atoms with E-state index in [9.17, 15) is 4.79 Å². The number of thioether (sulfide) groups is 1.